The third kappa shape index (κ3) is 17.4. The molecule has 0 fully saturated rings. The molecule has 149 heavy (non-hydrogen) atoms. The predicted molar refractivity (Wildman–Crippen MR) is 651 cm³/mol. The van der Waals surface area contributed by atoms with Gasteiger partial charge in [0.1, 0.15) is 0 Å². The molecule has 0 atom stereocenters. The molecule has 0 unspecified atom stereocenters. The Bertz CT molecular complexity index is 6680. The summed E-state index contributed by atoms with van der Waals surface area (Å²) in [6.07, 6.45) is 0. The van der Waals surface area contributed by atoms with E-state index in [0.29, 0.717) is 0 Å². The second-order valence-corrected chi connectivity index (χ2v) is 57.1. The lowest BCUT2D eigenvalue weighted by atomic mass is 9.32. The first-order valence-electron chi connectivity index (χ1n) is 55.2. The normalized spacial score (nSPS) is 14.8. The minimum absolute atomic E-state index is 0.122. The maximum absolute atomic E-state index is 2.74. The van der Waals surface area contributed by atoms with Gasteiger partial charge in [0, 0.05) is 108 Å². The summed E-state index contributed by atoms with van der Waals surface area (Å²) in [7, 11) is 0. The van der Waals surface area contributed by atoms with Gasteiger partial charge in [-0.1, -0.05) is 395 Å². The molecule has 0 N–H and O–H groups in total. The van der Waals surface area contributed by atoms with Crippen molar-refractivity contribution in [3.63, 3.8) is 0 Å². The lowest BCUT2D eigenvalue weighted by Crippen LogP contribution is -2.62. The van der Waals surface area contributed by atoms with Crippen LogP contribution in [-0.4, -0.2) is 20.1 Å². The molecule has 0 aromatic heterocycles. The molecule has 6 aliphatic heterocycles. The molecule has 9 heteroatoms. The Hall–Kier alpha value is -12.7. The first-order valence-corrected chi connectivity index (χ1v) is 55.2. The number of hydrogen-bond donors (Lipinski definition) is 0. The van der Waals surface area contributed by atoms with Crippen molar-refractivity contribution in [2.45, 2.75) is 327 Å². The number of hydrogen-bond acceptors (Lipinski definition) is 6. The molecule has 0 radical (unpaired) electrons. The van der Waals surface area contributed by atoms with Crippen molar-refractivity contribution in [1.82, 2.24) is 0 Å². The minimum Gasteiger partial charge on any atom is -0.311 e. The highest BCUT2D eigenvalue weighted by molar-refractivity contribution is 7.02. The van der Waals surface area contributed by atoms with Crippen molar-refractivity contribution >= 4 is 172 Å². The summed E-state index contributed by atoms with van der Waals surface area (Å²) in [5.74, 6) is 0. The maximum Gasteiger partial charge on any atom is 0.252 e. The van der Waals surface area contributed by atoms with Gasteiger partial charge in [-0.15, -0.1) is 0 Å². The topological polar surface area (TPSA) is 19.4 Å². The SMILES string of the molecule is CC(C)(C)c1ccc(N2c3ccc(C(C)(C)C)cc3B3c4cc(C(C)(C)C)ccc4N(c4ccc(C(C)(C)C)cc4)c4cc(C(C)(c5cc6c7c(c5)N(c5ccc(C(C)(C)C)cc5)c5ccc(C(C)(C)C)cc5B7c5cc(C(C)(C)C)ccc5N6c5ccc(C(C)(C)C)cc5)c5cc6c7c(c5)N(c5ccc(C(C)(C)C)cc5)c5ccc(C(C)(C)C)cc5B7c5cc(C(C)(C)C)ccc5N6c5ccc(C(C)(C)C)cc5)cc2c43)cc1. The van der Waals surface area contributed by atoms with Crippen LogP contribution in [0.25, 0.3) is 0 Å². The van der Waals surface area contributed by atoms with E-state index in [2.05, 4.69) is 577 Å². The molecule has 6 heterocycles. The minimum atomic E-state index is -1.17. The van der Waals surface area contributed by atoms with Gasteiger partial charge >= 0.3 is 0 Å². The highest BCUT2D eigenvalue weighted by Crippen LogP contribution is 2.58. The molecule has 0 saturated heterocycles. The molecular formula is C140H159B3N6. The van der Waals surface area contributed by atoms with Gasteiger partial charge < -0.3 is 29.4 Å². The average molecular weight is 1960 g/mol. The van der Waals surface area contributed by atoms with E-state index in [4.69, 9.17) is 0 Å². The van der Waals surface area contributed by atoms with E-state index < -0.39 is 5.41 Å². The van der Waals surface area contributed by atoms with Gasteiger partial charge in [-0.25, -0.2) is 0 Å². The summed E-state index contributed by atoms with van der Waals surface area (Å²) < 4.78 is 0. The van der Waals surface area contributed by atoms with Crippen molar-refractivity contribution in [3.8, 4) is 0 Å². The van der Waals surface area contributed by atoms with Gasteiger partial charge in [0.15, 0.2) is 0 Å². The van der Waals surface area contributed by atoms with Crippen LogP contribution >= 0.6 is 0 Å². The quantitative estimate of drug-likeness (QED) is 0.105. The standard InChI is InChI=1S/C140H159B3N6/c1-128(2,3)86-38-56-101(57-39-86)144-113-68-50-92(134(19,20)21)74-107(113)141-108-75-93(135(22,23)24)51-69-114(108)145(102-58-40-87(41-59-102)129(4,5)6)120-81-98(80-119(144)125(120)141)140(37,99-82-121-126-122(83-99)147(104-62-44-89(45-63-104)131(10,11)12)116-71-53-95(137(28,29)30)77-110(116)142(126)109-76-94(136(25,26)27)52-70-115(109)146(121)103-60-42-88(43-61-103)130(7,8)9)100-84-123-127-124(85-100)149(106-66-48-91(49-67-106)133(16,17)18)118-73-55-97(139(34,35)36)79-112(118)143(127)111-78-96(138(31,32)33)54-72-117(111)148(123)105-64-46-90(47-65-105)132(13,14)15/h38-85H,1-37H3. The zero-order valence-corrected chi connectivity index (χ0v) is 96.6. The summed E-state index contributed by atoms with van der Waals surface area (Å²) in [6, 6.07) is 120. The van der Waals surface area contributed by atoms with Crippen LogP contribution < -0.4 is 78.6 Å². The van der Waals surface area contributed by atoms with E-state index in [1.54, 1.807) is 0 Å². The lowest BCUT2D eigenvalue weighted by molar-refractivity contribution is 0.590. The molecule has 15 aromatic rings. The van der Waals surface area contributed by atoms with Gasteiger partial charge in [0.05, 0.1) is 0 Å². The number of benzene rings is 15. The molecule has 0 amide bonds. The Kier molecular flexibility index (Phi) is 23.6. The van der Waals surface area contributed by atoms with Crippen molar-refractivity contribution < 1.29 is 0 Å². The molecule has 0 bridgehead atoms. The summed E-state index contributed by atoms with van der Waals surface area (Å²) in [5.41, 5.74) is 48.2. The lowest BCUT2D eigenvalue weighted by Gasteiger charge is -2.48. The first kappa shape index (κ1) is 102. The number of rotatable bonds is 9. The van der Waals surface area contributed by atoms with Crippen LogP contribution in [0.15, 0.2) is 291 Å². The third-order valence-electron chi connectivity index (χ3n) is 34.1. The Morgan fingerprint density at radius 1 is 0.121 bits per heavy atom. The molecule has 15 aromatic carbocycles. The molecule has 21 rings (SSSR count). The molecular weight excluding hydrogens is 1800 g/mol. The fourth-order valence-corrected chi connectivity index (χ4v) is 24.5. The van der Waals surface area contributed by atoms with E-state index in [-0.39, 0.29) is 85.1 Å². The Labute approximate surface area is 895 Å². The Morgan fingerprint density at radius 2 is 0.235 bits per heavy atom. The van der Waals surface area contributed by atoms with Gasteiger partial charge in [-0.2, -0.15) is 0 Å². The molecule has 0 aliphatic carbocycles. The van der Waals surface area contributed by atoms with Gasteiger partial charge in [-0.05, 0) is 350 Å². The van der Waals surface area contributed by atoms with E-state index in [0.717, 1.165) is 84.9 Å². The number of nitrogens with zero attached hydrogens (tertiary/aromatic N) is 6. The van der Waals surface area contributed by atoms with E-state index in [9.17, 15) is 0 Å². The van der Waals surface area contributed by atoms with E-state index in [1.807, 2.05) is 0 Å². The predicted octanol–water partition coefficient (Wildman–Crippen LogP) is 32.9. The van der Waals surface area contributed by atoms with Crippen LogP contribution in [-0.2, 0) is 70.4 Å². The third-order valence-corrected chi connectivity index (χ3v) is 34.1. The monoisotopic (exact) mass is 1960 g/mol. The van der Waals surface area contributed by atoms with Crippen molar-refractivity contribution in [2.24, 2.45) is 0 Å². The maximum atomic E-state index is 2.74. The Morgan fingerprint density at radius 3 is 0.349 bits per heavy atom. The van der Waals surface area contributed by atoms with Crippen LogP contribution in [0, 0.1) is 0 Å². The first-order chi connectivity index (χ1) is 69.3. The summed E-state index contributed by atoms with van der Waals surface area (Å²) in [4.78, 5) is 16.3. The smallest absolute Gasteiger partial charge is 0.252 e. The van der Waals surface area contributed by atoms with E-state index in [1.165, 1.54) is 150 Å². The van der Waals surface area contributed by atoms with E-state index >= 15 is 0 Å². The fraction of sp³-hybridized carbons (Fsp3) is 0.357. The van der Waals surface area contributed by atoms with Crippen LogP contribution in [0.3, 0.4) is 0 Å². The number of fused-ring (bicyclic) bond motifs is 12. The fourth-order valence-electron chi connectivity index (χ4n) is 24.5. The molecule has 6 aliphatic rings. The van der Waals surface area contributed by atoms with Crippen LogP contribution in [0.2, 0.25) is 0 Å². The van der Waals surface area contributed by atoms with Gasteiger partial charge in [-0.3, -0.25) is 0 Å². The zero-order chi connectivity index (χ0) is 107. The molecule has 0 saturated carbocycles. The molecule has 6 nitrogen and oxygen atoms in total. The van der Waals surface area contributed by atoms with Crippen LogP contribution in [0.1, 0.15) is 340 Å². The highest BCUT2D eigenvalue weighted by atomic mass is 15.2. The summed E-state index contributed by atoms with van der Waals surface area (Å²) >= 11 is 0. The molecule has 758 valence electrons. The molecule has 0 spiro atoms. The van der Waals surface area contributed by atoms with Crippen molar-refractivity contribution in [1.29, 1.82) is 0 Å². The van der Waals surface area contributed by atoms with Gasteiger partial charge in [0.2, 0.25) is 0 Å². The van der Waals surface area contributed by atoms with Crippen molar-refractivity contribution in [2.75, 3.05) is 29.4 Å². The second-order valence-electron chi connectivity index (χ2n) is 57.1. The van der Waals surface area contributed by atoms with Crippen molar-refractivity contribution in [3.05, 3.63) is 375 Å². The second kappa shape index (κ2) is 34.4. The number of anilines is 18. The summed E-state index contributed by atoms with van der Waals surface area (Å²) in [5, 5.41) is 0. The highest BCUT2D eigenvalue weighted by Gasteiger charge is 2.53. The van der Waals surface area contributed by atoms with Crippen LogP contribution in [0.5, 0.6) is 0 Å². The average Bonchev–Trinajstić information content (AvgIpc) is 0.668. The van der Waals surface area contributed by atoms with Gasteiger partial charge in [0.25, 0.3) is 20.1 Å². The van der Waals surface area contributed by atoms with Crippen LogP contribution in [0.4, 0.5) is 102 Å². The summed E-state index contributed by atoms with van der Waals surface area (Å²) in [6.45, 7) is 87.5. The largest absolute Gasteiger partial charge is 0.311 e. The Balaban J connectivity index is 1.00. The zero-order valence-electron chi connectivity index (χ0n) is 96.6.